The maximum absolute atomic E-state index is 12.7. The van der Waals surface area contributed by atoms with Crippen LogP contribution in [0, 0.1) is 5.92 Å². The number of nitrogens with zero attached hydrogens (tertiary/aromatic N) is 4. The van der Waals surface area contributed by atoms with Crippen molar-refractivity contribution in [3.63, 3.8) is 0 Å². The smallest absolute Gasteiger partial charge is 0.324 e. The van der Waals surface area contributed by atoms with Gasteiger partial charge in [0.1, 0.15) is 5.75 Å². The molecule has 4 rings (SSSR count). The molecular formula is C26H33N5O3. The summed E-state index contributed by atoms with van der Waals surface area (Å²) >= 11 is 0. The average Bonchev–Trinajstić information content (AvgIpc) is 3.40. The molecule has 1 N–H and O–H groups in total. The fourth-order valence-corrected chi connectivity index (χ4v) is 4.27. The van der Waals surface area contributed by atoms with Gasteiger partial charge >= 0.3 is 6.01 Å². The van der Waals surface area contributed by atoms with Gasteiger partial charge in [-0.1, -0.05) is 23.4 Å². The summed E-state index contributed by atoms with van der Waals surface area (Å²) in [6.45, 7) is 6.17. The van der Waals surface area contributed by atoms with Crippen molar-refractivity contribution in [1.82, 2.24) is 15.5 Å². The first-order chi connectivity index (χ1) is 16.7. The van der Waals surface area contributed by atoms with E-state index in [1.807, 2.05) is 30.3 Å². The van der Waals surface area contributed by atoms with Crippen LogP contribution in [0.1, 0.15) is 26.2 Å². The molecule has 0 atom stereocenters. The van der Waals surface area contributed by atoms with Crippen LogP contribution < -0.4 is 19.9 Å². The molecule has 1 aromatic heterocycles. The largest absolute Gasteiger partial charge is 0.497 e. The molecular weight excluding hydrogens is 430 g/mol. The number of piperidine rings is 1. The van der Waals surface area contributed by atoms with Crippen molar-refractivity contribution in [1.29, 1.82) is 0 Å². The Kier molecular flexibility index (Phi) is 8.01. The zero-order chi connectivity index (χ0) is 23.8. The number of aromatic nitrogens is 2. The molecule has 0 unspecified atom stereocenters. The highest BCUT2D eigenvalue weighted by Gasteiger charge is 2.27. The second kappa shape index (κ2) is 11.5. The summed E-state index contributed by atoms with van der Waals surface area (Å²) < 4.78 is 10.7. The highest BCUT2D eigenvalue weighted by Crippen LogP contribution is 2.26. The second-order valence-electron chi connectivity index (χ2n) is 8.45. The maximum Gasteiger partial charge on any atom is 0.324 e. The normalized spacial score (nSPS) is 14.1. The van der Waals surface area contributed by atoms with Gasteiger partial charge in [-0.05, 0) is 62.6 Å². The number of ether oxygens (including phenoxy) is 1. The fourth-order valence-electron chi connectivity index (χ4n) is 4.27. The van der Waals surface area contributed by atoms with E-state index >= 15 is 0 Å². The van der Waals surface area contributed by atoms with Gasteiger partial charge in [-0.15, -0.1) is 0 Å². The number of para-hydroxylation sites is 1. The Morgan fingerprint density at radius 2 is 1.88 bits per heavy atom. The average molecular weight is 464 g/mol. The van der Waals surface area contributed by atoms with Crippen LogP contribution in [-0.2, 0) is 4.79 Å². The van der Waals surface area contributed by atoms with Crippen LogP contribution in [-0.4, -0.2) is 55.9 Å². The Labute approximate surface area is 200 Å². The van der Waals surface area contributed by atoms with Gasteiger partial charge in [0, 0.05) is 49.9 Å². The number of nitrogens with one attached hydrogen (secondary N) is 1. The standard InChI is InChI=1S/C26H33N5O3/c1-3-30(22-8-5-4-6-9-22)17-7-16-27-25(32)21-14-18-31(19-15-21)26-28-24(29-34-26)20-10-12-23(33-2)13-11-20/h4-6,8-13,21H,3,7,14-19H2,1-2H3,(H,27,32). The number of carbonyl (C=O) groups is 1. The number of anilines is 2. The minimum Gasteiger partial charge on any atom is -0.497 e. The predicted octanol–water partition coefficient (Wildman–Crippen LogP) is 3.99. The molecule has 0 radical (unpaired) electrons. The molecule has 1 fully saturated rings. The Bertz CT molecular complexity index is 1030. The van der Waals surface area contributed by atoms with Gasteiger partial charge in [0.05, 0.1) is 7.11 Å². The number of benzene rings is 2. The summed E-state index contributed by atoms with van der Waals surface area (Å²) in [7, 11) is 1.64. The summed E-state index contributed by atoms with van der Waals surface area (Å²) in [4.78, 5) is 21.6. The minimum atomic E-state index is 0.0247. The van der Waals surface area contributed by atoms with Gasteiger partial charge in [-0.2, -0.15) is 4.98 Å². The molecule has 1 aliphatic rings. The van der Waals surface area contributed by atoms with E-state index in [1.54, 1.807) is 7.11 Å². The van der Waals surface area contributed by atoms with Gasteiger partial charge < -0.3 is 24.4 Å². The Morgan fingerprint density at radius 1 is 1.15 bits per heavy atom. The van der Waals surface area contributed by atoms with Crippen LogP contribution in [0.3, 0.4) is 0 Å². The van der Waals surface area contributed by atoms with E-state index < -0.39 is 0 Å². The van der Waals surface area contributed by atoms with E-state index in [-0.39, 0.29) is 11.8 Å². The molecule has 0 saturated carbocycles. The molecule has 0 bridgehead atoms. The van der Waals surface area contributed by atoms with Crippen LogP contribution >= 0.6 is 0 Å². The first-order valence-corrected chi connectivity index (χ1v) is 12.0. The molecule has 0 spiro atoms. The molecule has 1 aliphatic heterocycles. The van der Waals surface area contributed by atoms with Crippen LogP contribution in [0.2, 0.25) is 0 Å². The quantitative estimate of drug-likeness (QED) is 0.455. The Balaban J connectivity index is 1.20. The molecule has 3 aromatic rings. The van der Waals surface area contributed by atoms with Crippen molar-refractivity contribution in [3.8, 4) is 17.1 Å². The van der Waals surface area contributed by atoms with Crippen LogP contribution in [0.25, 0.3) is 11.4 Å². The molecule has 2 heterocycles. The SMILES string of the molecule is CCN(CCCNC(=O)C1CCN(c2nc(-c3ccc(OC)cc3)no2)CC1)c1ccccc1. The number of methoxy groups -OCH3 is 1. The van der Waals surface area contributed by atoms with E-state index in [0.29, 0.717) is 18.4 Å². The van der Waals surface area contributed by atoms with Gasteiger partial charge in [0.25, 0.3) is 0 Å². The summed E-state index contributed by atoms with van der Waals surface area (Å²) in [6, 6.07) is 18.5. The number of carbonyl (C=O) groups excluding carboxylic acids is 1. The fraction of sp³-hybridized carbons (Fsp3) is 0.423. The minimum absolute atomic E-state index is 0.0247. The predicted molar refractivity (Wildman–Crippen MR) is 133 cm³/mol. The van der Waals surface area contributed by atoms with Gasteiger partial charge in [-0.25, -0.2) is 0 Å². The summed E-state index contributed by atoms with van der Waals surface area (Å²) in [5, 5.41) is 7.24. The summed E-state index contributed by atoms with van der Waals surface area (Å²) in [5.41, 5.74) is 2.10. The van der Waals surface area contributed by atoms with Crippen LogP contribution in [0.15, 0.2) is 59.1 Å². The third-order valence-corrected chi connectivity index (χ3v) is 6.31. The van der Waals surface area contributed by atoms with Crippen molar-refractivity contribution >= 4 is 17.6 Å². The van der Waals surface area contributed by atoms with E-state index in [9.17, 15) is 4.79 Å². The first kappa shape index (κ1) is 23.6. The molecule has 8 heteroatoms. The number of hydrogen-bond donors (Lipinski definition) is 1. The lowest BCUT2D eigenvalue weighted by Gasteiger charge is -2.29. The Hall–Kier alpha value is -3.55. The lowest BCUT2D eigenvalue weighted by molar-refractivity contribution is -0.125. The highest BCUT2D eigenvalue weighted by molar-refractivity contribution is 5.78. The van der Waals surface area contributed by atoms with Crippen molar-refractivity contribution in [3.05, 3.63) is 54.6 Å². The van der Waals surface area contributed by atoms with E-state index in [0.717, 1.165) is 56.8 Å². The lowest BCUT2D eigenvalue weighted by atomic mass is 9.96. The molecule has 34 heavy (non-hydrogen) atoms. The maximum atomic E-state index is 12.7. The zero-order valence-corrected chi connectivity index (χ0v) is 19.9. The van der Waals surface area contributed by atoms with Crippen molar-refractivity contribution in [2.24, 2.45) is 5.92 Å². The van der Waals surface area contributed by atoms with Crippen molar-refractivity contribution in [2.75, 3.05) is 49.6 Å². The van der Waals surface area contributed by atoms with Gasteiger partial charge in [0.2, 0.25) is 11.7 Å². The summed E-state index contributed by atoms with van der Waals surface area (Å²) in [6.07, 6.45) is 2.47. The van der Waals surface area contributed by atoms with Crippen molar-refractivity contribution < 1.29 is 14.1 Å². The Morgan fingerprint density at radius 3 is 2.56 bits per heavy atom. The molecule has 1 amide bonds. The number of amides is 1. The topological polar surface area (TPSA) is 83.7 Å². The number of hydrogen-bond acceptors (Lipinski definition) is 7. The van der Waals surface area contributed by atoms with Crippen LogP contribution in [0.5, 0.6) is 5.75 Å². The molecule has 0 aliphatic carbocycles. The first-order valence-electron chi connectivity index (χ1n) is 12.0. The van der Waals surface area contributed by atoms with E-state index in [1.165, 1.54) is 5.69 Å². The summed E-state index contributed by atoms with van der Waals surface area (Å²) in [5.74, 6) is 1.50. The van der Waals surface area contributed by atoms with Gasteiger partial charge in [0.15, 0.2) is 0 Å². The van der Waals surface area contributed by atoms with E-state index in [4.69, 9.17) is 9.26 Å². The number of rotatable bonds is 10. The highest BCUT2D eigenvalue weighted by atomic mass is 16.5. The molecule has 2 aromatic carbocycles. The molecule has 8 nitrogen and oxygen atoms in total. The third-order valence-electron chi connectivity index (χ3n) is 6.31. The molecule has 180 valence electrons. The third kappa shape index (κ3) is 5.87. The van der Waals surface area contributed by atoms with Crippen LogP contribution in [0.4, 0.5) is 11.7 Å². The zero-order valence-electron chi connectivity index (χ0n) is 19.9. The second-order valence-corrected chi connectivity index (χ2v) is 8.45. The monoisotopic (exact) mass is 463 g/mol. The molecule has 1 saturated heterocycles. The van der Waals surface area contributed by atoms with Gasteiger partial charge in [-0.3, -0.25) is 4.79 Å². The van der Waals surface area contributed by atoms with E-state index in [2.05, 4.69) is 56.4 Å². The lowest BCUT2D eigenvalue weighted by Crippen LogP contribution is -2.41. The van der Waals surface area contributed by atoms with Crippen molar-refractivity contribution in [2.45, 2.75) is 26.2 Å².